The molecule has 4 atom stereocenters. The van der Waals surface area contributed by atoms with Crippen molar-refractivity contribution in [3.05, 3.63) is 0 Å². The number of aliphatic carboxylic acids is 5. The number of hydrogen-bond donors (Lipinski definition) is 15. The second kappa shape index (κ2) is 29.8. The van der Waals surface area contributed by atoms with Crippen LogP contribution >= 0.6 is 12.6 Å². The normalized spacial score (nSPS) is 12.1. The van der Waals surface area contributed by atoms with Crippen LogP contribution in [-0.4, -0.2) is 122 Å². The molecule has 0 aromatic heterocycles. The number of amides is 1. The number of aliphatic hydroxyl groups is 1. The Bertz CT molecular complexity index is 765. The summed E-state index contributed by atoms with van der Waals surface area (Å²) in [5.74, 6) is -5.87. The largest absolute Gasteiger partial charge is 0.480 e. The fourth-order valence-corrected chi connectivity index (χ4v) is 1.26. The average molecular weight is 608 g/mol. The summed E-state index contributed by atoms with van der Waals surface area (Å²) in [6.07, 6.45) is 0.646. The van der Waals surface area contributed by atoms with Crippen LogP contribution < -0.4 is 45.9 Å². The summed E-state index contributed by atoms with van der Waals surface area (Å²) >= 11 is 3.65. The Morgan fingerprint density at radius 2 is 1.07 bits per heavy atom. The van der Waals surface area contributed by atoms with Crippen LogP contribution in [0.4, 0.5) is 0 Å². The molecule has 0 radical (unpaired) electrons. The maximum atomic E-state index is 10.2. The minimum absolute atomic E-state index is 0.0129. The van der Waals surface area contributed by atoms with Gasteiger partial charge in [-0.15, -0.1) is 0 Å². The van der Waals surface area contributed by atoms with E-state index in [9.17, 15) is 28.8 Å². The number of hydrogen-bond acceptors (Lipinski definition) is 14. The van der Waals surface area contributed by atoms with Crippen LogP contribution in [0.2, 0.25) is 0 Å². The summed E-state index contributed by atoms with van der Waals surface area (Å²) in [4.78, 5) is 62.4. The number of rotatable bonds is 13. The zero-order valence-electron chi connectivity index (χ0n) is 21.4. The number of nitrogens with two attached hydrogens (primary N) is 8. The molecule has 21 nitrogen and oxygen atoms in total. The number of nitrogens with zero attached hydrogens (tertiary/aromatic N) is 1. The molecule has 40 heavy (non-hydrogen) atoms. The molecular formula is C18H41N9O12S. The lowest BCUT2D eigenvalue weighted by molar-refractivity contribution is -0.140. The topological polar surface area (TPSA) is 444 Å². The van der Waals surface area contributed by atoms with E-state index >= 15 is 0 Å². The molecule has 0 fully saturated rings. The molecule has 236 valence electrons. The molecule has 0 saturated carbocycles. The summed E-state index contributed by atoms with van der Waals surface area (Å²) in [6, 6.07) is -3.93. The smallest absolute Gasteiger partial charge is 0.322 e. The van der Waals surface area contributed by atoms with Gasteiger partial charge in [-0.25, -0.2) is 0 Å². The molecule has 0 aliphatic carbocycles. The number of thiol groups is 1. The number of primary amides is 1. The molecule has 0 aliphatic heterocycles. The van der Waals surface area contributed by atoms with E-state index in [1.54, 1.807) is 0 Å². The molecular weight excluding hydrogens is 566 g/mol. The van der Waals surface area contributed by atoms with Gasteiger partial charge in [-0.2, -0.15) is 12.6 Å². The lowest BCUT2D eigenvalue weighted by Crippen LogP contribution is -2.34. The number of guanidine groups is 1. The summed E-state index contributed by atoms with van der Waals surface area (Å²) in [6.45, 7) is -0.362. The number of carboxylic acids is 5. The van der Waals surface area contributed by atoms with Gasteiger partial charge in [-0.1, -0.05) is 0 Å². The highest BCUT2D eigenvalue weighted by Gasteiger charge is 2.13. The van der Waals surface area contributed by atoms with Crippen molar-refractivity contribution in [2.45, 2.75) is 43.4 Å². The number of carbonyl (C=O) groups excluding carboxylic acids is 1. The number of carbonyl (C=O) groups is 6. The lowest BCUT2D eigenvalue weighted by Gasteiger charge is -2.03. The minimum atomic E-state index is -1.21. The van der Waals surface area contributed by atoms with Crippen LogP contribution in [-0.2, 0) is 28.8 Å². The molecule has 1 amide bonds. The van der Waals surface area contributed by atoms with E-state index in [0.717, 1.165) is 0 Å². The Hall–Kier alpha value is -3.80. The highest BCUT2D eigenvalue weighted by molar-refractivity contribution is 7.80. The lowest BCUT2D eigenvalue weighted by atomic mass is 10.2. The highest BCUT2D eigenvalue weighted by Crippen LogP contribution is 1.94. The first-order chi connectivity index (χ1) is 18.2. The Morgan fingerprint density at radius 3 is 1.23 bits per heavy atom. The van der Waals surface area contributed by atoms with Crippen molar-refractivity contribution in [1.29, 1.82) is 0 Å². The van der Waals surface area contributed by atoms with Crippen molar-refractivity contribution in [2.75, 3.05) is 25.4 Å². The van der Waals surface area contributed by atoms with E-state index in [1.165, 1.54) is 0 Å². The van der Waals surface area contributed by atoms with E-state index in [-0.39, 0.29) is 24.7 Å². The Balaban J connectivity index is -0.000000132. The van der Waals surface area contributed by atoms with E-state index < -0.39 is 66.5 Å². The number of carboxylic acid groups (broad SMARTS) is 5. The fraction of sp³-hybridized carbons (Fsp3) is 0.611. The second-order valence-corrected chi connectivity index (χ2v) is 7.23. The third-order valence-corrected chi connectivity index (χ3v) is 3.62. The molecule has 0 rings (SSSR count). The van der Waals surface area contributed by atoms with Gasteiger partial charge in [0.2, 0.25) is 5.91 Å². The Labute approximate surface area is 233 Å². The van der Waals surface area contributed by atoms with Crippen LogP contribution in [0, 0.1) is 0 Å². The first-order valence-electron chi connectivity index (χ1n) is 10.6. The van der Waals surface area contributed by atoms with Gasteiger partial charge in [0.15, 0.2) is 5.96 Å². The molecule has 0 unspecified atom stereocenters. The van der Waals surface area contributed by atoms with E-state index in [4.69, 9.17) is 65.0 Å². The first-order valence-corrected chi connectivity index (χ1v) is 11.2. The molecule has 0 aromatic rings. The van der Waals surface area contributed by atoms with Crippen molar-refractivity contribution >= 4 is 54.3 Å². The Kier molecular flexibility index (Phi) is 34.3. The van der Waals surface area contributed by atoms with Crippen LogP contribution in [0.1, 0.15) is 19.3 Å². The van der Waals surface area contributed by atoms with Gasteiger partial charge >= 0.3 is 29.8 Å². The molecule has 0 saturated heterocycles. The van der Waals surface area contributed by atoms with Crippen molar-refractivity contribution in [2.24, 2.45) is 50.9 Å². The molecule has 0 heterocycles. The Morgan fingerprint density at radius 1 is 0.700 bits per heavy atom. The zero-order valence-corrected chi connectivity index (χ0v) is 22.3. The van der Waals surface area contributed by atoms with Gasteiger partial charge in [0.05, 0.1) is 19.6 Å². The molecule has 0 aliphatic rings. The van der Waals surface area contributed by atoms with Crippen molar-refractivity contribution in [1.82, 2.24) is 0 Å². The zero-order chi connectivity index (χ0) is 33.0. The number of aliphatic hydroxyl groups excluding tert-OH is 1. The first kappa shape index (κ1) is 46.1. The summed E-state index contributed by atoms with van der Waals surface area (Å²) in [5, 5.41) is 48.0. The fourth-order valence-electron chi connectivity index (χ4n) is 1.10. The molecule has 0 spiro atoms. The predicted octanol–water partition coefficient (Wildman–Crippen LogP) is -6.53. The van der Waals surface area contributed by atoms with Crippen molar-refractivity contribution < 1.29 is 59.4 Å². The maximum absolute atomic E-state index is 10.2. The maximum Gasteiger partial charge on any atom is 0.322 e. The molecule has 0 bridgehead atoms. The van der Waals surface area contributed by atoms with Gasteiger partial charge in [-0.05, 0) is 12.8 Å². The van der Waals surface area contributed by atoms with Gasteiger partial charge in [0.1, 0.15) is 24.2 Å². The van der Waals surface area contributed by atoms with Gasteiger partial charge in [0, 0.05) is 12.3 Å². The molecule has 0 aromatic carbocycles. The standard InChI is InChI=1S/C6H14N4O2.C4H8N2O3.C3H7NO3.C3H7NO2S.C2H5NO2/c7-4(5(11)12)2-1-3-10-6(8)9;5-2(4(8)9)1-3(6)7;4-2(1-5)3(6)7;4-2(1-7)3(5)6;3-1-2(4)5/h4H,1-3,7H2,(H,11,12)(H4,8,9,10);2H,1,5H2,(H2,6,7)(H,8,9);2,5H,1,4H2,(H,6,7);2,7H,1,4H2,(H,5,6);1,3H2,(H,4,5)/t4-;3*2-;/m0000./s1. The monoisotopic (exact) mass is 607 g/mol. The van der Waals surface area contributed by atoms with Crippen molar-refractivity contribution in [3.63, 3.8) is 0 Å². The van der Waals surface area contributed by atoms with E-state index in [2.05, 4.69) is 29.1 Å². The average Bonchev–Trinajstić information content (AvgIpc) is 2.85. The quantitative estimate of drug-likeness (QED) is 0.0400. The van der Waals surface area contributed by atoms with E-state index in [1.807, 2.05) is 0 Å². The van der Waals surface area contributed by atoms with E-state index in [0.29, 0.717) is 19.4 Å². The second-order valence-electron chi connectivity index (χ2n) is 6.86. The highest BCUT2D eigenvalue weighted by atomic mass is 32.1. The molecule has 22 N–H and O–H groups in total. The SMILES string of the molecule is NC(=O)C[C@H](N)C(=O)O.NC(N)=NCCC[C@H](N)C(=O)O.NCC(=O)O.N[C@@H](CO)C(=O)O.N[C@@H](CS)C(=O)O. The van der Waals surface area contributed by atoms with Gasteiger partial charge < -0.3 is 76.5 Å². The van der Waals surface area contributed by atoms with Crippen molar-refractivity contribution in [3.8, 4) is 0 Å². The summed E-state index contributed by atoms with van der Waals surface area (Å²) in [5.41, 5.74) is 39.2. The minimum Gasteiger partial charge on any atom is -0.480 e. The van der Waals surface area contributed by atoms with Crippen LogP contribution in [0.3, 0.4) is 0 Å². The summed E-state index contributed by atoms with van der Waals surface area (Å²) in [7, 11) is 0. The molecule has 22 heteroatoms. The van der Waals surface area contributed by atoms with Gasteiger partial charge in [-0.3, -0.25) is 33.8 Å². The number of aliphatic imine (C=N–C) groups is 1. The third-order valence-electron chi connectivity index (χ3n) is 3.23. The van der Waals surface area contributed by atoms with Gasteiger partial charge in [0.25, 0.3) is 0 Å². The predicted molar refractivity (Wildman–Crippen MR) is 144 cm³/mol. The van der Waals surface area contributed by atoms with Crippen LogP contribution in [0.15, 0.2) is 4.99 Å². The van der Waals surface area contributed by atoms with Crippen LogP contribution in [0.5, 0.6) is 0 Å². The van der Waals surface area contributed by atoms with Crippen LogP contribution in [0.25, 0.3) is 0 Å². The summed E-state index contributed by atoms with van der Waals surface area (Å²) < 4.78 is 0. The third kappa shape index (κ3) is 44.2.